The number of carbonyl (C=O) groups is 1. The predicted octanol–water partition coefficient (Wildman–Crippen LogP) is 3.50. The molecule has 1 aromatic heterocycles. The molecule has 0 unspecified atom stereocenters. The Morgan fingerprint density at radius 2 is 2.09 bits per heavy atom. The molecule has 0 bridgehead atoms. The molecule has 1 aromatic carbocycles. The zero-order chi connectivity index (χ0) is 15.4. The lowest BCUT2D eigenvalue weighted by Gasteiger charge is -2.19. The fraction of sp³-hybridized carbons (Fsp3) is 0.375. The average molecular weight is 337 g/mol. The maximum atomic E-state index is 12.3. The molecule has 6 heteroatoms. The van der Waals surface area contributed by atoms with Gasteiger partial charge in [-0.3, -0.25) is 4.79 Å². The van der Waals surface area contributed by atoms with Crippen LogP contribution in [-0.2, 0) is 11.2 Å². The van der Waals surface area contributed by atoms with Crippen molar-refractivity contribution in [3.63, 3.8) is 0 Å². The number of hydrogen-bond donors (Lipinski definition) is 0. The SMILES string of the molecule is O=C(Cc1coc(-c2ccc(Cl)cc2)n1)N1CCCSCC1. The molecule has 22 heavy (non-hydrogen) atoms. The third-order valence-corrected chi connectivity index (χ3v) is 4.85. The number of nitrogens with zero attached hydrogens (tertiary/aromatic N) is 2. The van der Waals surface area contributed by atoms with Gasteiger partial charge < -0.3 is 9.32 Å². The molecule has 0 atom stereocenters. The van der Waals surface area contributed by atoms with Crippen LogP contribution in [0.15, 0.2) is 34.9 Å². The van der Waals surface area contributed by atoms with Crippen molar-refractivity contribution < 1.29 is 9.21 Å². The Bertz CT molecular complexity index is 634. The van der Waals surface area contributed by atoms with Crippen molar-refractivity contribution in [2.75, 3.05) is 24.6 Å². The van der Waals surface area contributed by atoms with E-state index in [-0.39, 0.29) is 5.91 Å². The topological polar surface area (TPSA) is 46.3 Å². The van der Waals surface area contributed by atoms with E-state index in [9.17, 15) is 4.79 Å². The van der Waals surface area contributed by atoms with Crippen LogP contribution in [0.2, 0.25) is 5.02 Å². The van der Waals surface area contributed by atoms with Gasteiger partial charge in [0.2, 0.25) is 11.8 Å². The van der Waals surface area contributed by atoms with E-state index in [4.69, 9.17) is 16.0 Å². The van der Waals surface area contributed by atoms with E-state index in [1.54, 1.807) is 18.4 Å². The van der Waals surface area contributed by atoms with Crippen molar-refractivity contribution >= 4 is 29.3 Å². The molecule has 2 heterocycles. The lowest BCUT2D eigenvalue weighted by atomic mass is 10.2. The van der Waals surface area contributed by atoms with Crippen molar-refractivity contribution in [1.29, 1.82) is 0 Å². The van der Waals surface area contributed by atoms with Crippen LogP contribution >= 0.6 is 23.4 Å². The first kappa shape index (κ1) is 15.4. The number of halogens is 1. The van der Waals surface area contributed by atoms with Gasteiger partial charge in [0, 0.05) is 29.4 Å². The maximum Gasteiger partial charge on any atom is 0.228 e. The molecule has 4 nitrogen and oxygen atoms in total. The Balaban J connectivity index is 1.66. The molecule has 2 aromatic rings. The molecule has 1 aliphatic heterocycles. The van der Waals surface area contributed by atoms with Crippen LogP contribution in [-0.4, -0.2) is 40.4 Å². The molecule has 1 saturated heterocycles. The summed E-state index contributed by atoms with van der Waals surface area (Å²) in [4.78, 5) is 18.7. The summed E-state index contributed by atoms with van der Waals surface area (Å²) in [6.07, 6.45) is 2.92. The minimum absolute atomic E-state index is 0.124. The van der Waals surface area contributed by atoms with Gasteiger partial charge in [-0.25, -0.2) is 4.98 Å². The van der Waals surface area contributed by atoms with E-state index in [2.05, 4.69) is 4.98 Å². The number of aromatic nitrogens is 1. The number of amides is 1. The van der Waals surface area contributed by atoms with Crippen LogP contribution in [0.5, 0.6) is 0 Å². The summed E-state index contributed by atoms with van der Waals surface area (Å²) in [5.74, 6) is 2.79. The first-order valence-electron chi connectivity index (χ1n) is 7.28. The van der Waals surface area contributed by atoms with Crippen molar-refractivity contribution in [2.24, 2.45) is 0 Å². The van der Waals surface area contributed by atoms with Gasteiger partial charge in [0.15, 0.2) is 0 Å². The van der Waals surface area contributed by atoms with Crippen molar-refractivity contribution in [3.8, 4) is 11.5 Å². The summed E-state index contributed by atoms with van der Waals surface area (Å²) < 4.78 is 5.47. The van der Waals surface area contributed by atoms with Crippen molar-refractivity contribution in [2.45, 2.75) is 12.8 Å². The Morgan fingerprint density at radius 1 is 1.27 bits per heavy atom. The van der Waals surface area contributed by atoms with E-state index in [0.29, 0.717) is 23.0 Å². The van der Waals surface area contributed by atoms with Gasteiger partial charge in [0.1, 0.15) is 6.26 Å². The first-order chi connectivity index (χ1) is 10.7. The molecule has 0 aliphatic carbocycles. The van der Waals surface area contributed by atoms with Crippen LogP contribution in [0, 0.1) is 0 Å². The molecule has 1 amide bonds. The van der Waals surface area contributed by atoms with Gasteiger partial charge in [-0.15, -0.1) is 0 Å². The minimum atomic E-state index is 0.124. The molecule has 0 radical (unpaired) electrons. The zero-order valence-electron chi connectivity index (χ0n) is 12.1. The highest BCUT2D eigenvalue weighted by Gasteiger charge is 2.18. The monoisotopic (exact) mass is 336 g/mol. The lowest BCUT2D eigenvalue weighted by molar-refractivity contribution is -0.130. The van der Waals surface area contributed by atoms with E-state index in [0.717, 1.165) is 36.6 Å². The second kappa shape index (κ2) is 7.20. The summed E-state index contributed by atoms with van der Waals surface area (Å²) >= 11 is 7.78. The lowest BCUT2D eigenvalue weighted by Crippen LogP contribution is -2.34. The van der Waals surface area contributed by atoms with Crippen molar-refractivity contribution in [3.05, 3.63) is 41.2 Å². The van der Waals surface area contributed by atoms with Crippen LogP contribution in [0.1, 0.15) is 12.1 Å². The zero-order valence-corrected chi connectivity index (χ0v) is 13.7. The summed E-state index contributed by atoms with van der Waals surface area (Å²) in [6, 6.07) is 7.29. The fourth-order valence-corrected chi connectivity index (χ4v) is 3.39. The van der Waals surface area contributed by atoms with E-state index in [1.165, 1.54) is 0 Å². The summed E-state index contributed by atoms with van der Waals surface area (Å²) in [5.41, 5.74) is 1.53. The minimum Gasteiger partial charge on any atom is -0.444 e. The molecule has 1 fully saturated rings. The second-order valence-electron chi connectivity index (χ2n) is 5.17. The third-order valence-electron chi connectivity index (χ3n) is 3.55. The first-order valence-corrected chi connectivity index (χ1v) is 8.81. The summed E-state index contributed by atoms with van der Waals surface area (Å²) in [7, 11) is 0. The summed E-state index contributed by atoms with van der Waals surface area (Å²) in [5, 5.41) is 0.671. The number of benzene rings is 1. The Morgan fingerprint density at radius 3 is 2.91 bits per heavy atom. The number of carbonyl (C=O) groups excluding carboxylic acids is 1. The van der Waals surface area contributed by atoms with Crippen LogP contribution in [0.25, 0.3) is 11.5 Å². The van der Waals surface area contributed by atoms with Gasteiger partial charge in [-0.2, -0.15) is 11.8 Å². The highest BCUT2D eigenvalue weighted by Crippen LogP contribution is 2.21. The molecule has 116 valence electrons. The van der Waals surface area contributed by atoms with Crippen molar-refractivity contribution in [1.82, 2.24) is 9.88 Å². The standard InChI is InChI=1S/C16H17ClN2O2S/c17-13-4-2-12(3-5-13)16-18-14(11-21-16)10-15(20)19-6-1-8-22-9-7-19/h2-5,11H,1,6-10H2. The summed E-state index contributed by atoms with van der Waals surface area (Å²) in [6.45, 7) is 1.67. The fourth-order valence-electron chi connectivity index (χ4n) is 2.38. The average Bonchev–Trinajstić information content (AvgIpc) is 2.81. The van der Waals surface area contributed by atoms with Crippen LogP contribution in [0.3, 0.4) is 0 Å². The van der Waals surface area contributed by atoms with E-state index in [1.807, 2.05) is 28.8 Å². The number of rotatable bonds is 3. The Hall–Kier alpha value is -1.46. The normalized spacial score (nSPS) is 15.6. The highest BCUT2D eigenvalue weighted by atomic mass is 35.5. The molecule has 1 aliphatic rings. The third kappa shape index (κ3) is 3.84. The highest BCUT2D eigenvalue weighted by molar-refractivity contribution is 7.99. The van der Waals surface area contributed by atoms with E-state index < -0.39 is 0 Å². The molecule has 3 rings (SSSR count). The quantitative estimate of drug-likeness (QED) is 0.860. The maximum absolute atomic E-state index is 12.3. The number of thioether (sulfide) groups is 1. The molecular weight excluding hydrogens is 320 g/mol. The van der Waals surface area contributed by atoms with E-state index >= 15 is 0 Å². The predicted molar refractivity (Wildman–Crippen MR) is 89.2 cm³/mol. The largest absolute Gasteiger partial charge is 0.444 e. The number of hydrogen-bond acceptors (Lipinski definition) is 4. The number of oxazole rings is 1. The second-order valence-corrected chi connectivity index (χ2v) is 6.84. The molecule has 0 spiro atoms. The molecule has 0 N–H and O–H groups in total. The molecular formula is C16H17ClN2O2S. The Labute approximate surface area is 138 Å². The van der Waals surface area contributed by atoms with Gasteiger partial charge in [-0.05, 0) is 36.4 Å². The van der Waals surface area contributed by atoms with Crippen LogP contribution < -0.4 is 0 Å². The van der Waals surface area contributed by atoms with Gasteiger partial charge >= 0.3 is 0 Å². The smallest absolute Gasteiger partial charge is 0.228 e. The van der Waals surface area contributed by atoms with Gasteiger partial charge in [0.05, 0.1) is 12.1 Å². The van der Waals surface area contributed by atoms with Gasteiger partial charge in [0.25, 0.3) is 0 Å². The molecule has 0 saturated carbocycles. The van der Waals surface area contributed by atoms with Gasteiger partial charge in [-0.1, -0.05) is 11.6 Å². The Kier molecular flexibility index (Phi) is 5.05. The van der Waals surface area contributed by atoms with Crippen LogP contribution in [0.4, 0.5) is 0 Å².